The first-order valence-electron chi connectivity index (χ1n) is 10.6. The largest absolute Gasteiger partial charge is 0.497 e. The predicted molar refractivity (Wildman–Crippen MR) is 120 cm³/mol. The molecule has 8 heteroatoms. The Bertz CT molecular complexity index is 1010. The van der Waals surface area contributed by atoms with Crippen molar-refractivity contribution in [3.63, 3.8) is 0 Å². The molecule has 0 spiro atoms. The van der Waals surface area contributed by atoms with Gasteiger partial charge in [0.25, 0.3) is 0 Å². The molecular weight excluding hydrogens is 436 g/mol. The average molecular weight is 463 g/mol. The predicted octanol–water partition coefficient (Wildman–Crippen LogP) is 4.02. The maximum Gasteiger partial charge on any atom is 0.243 e. The number of methoxy groups -OCH3 is 1. The molecule has 1 saturated heterocycles. The molecular formula is C23H27ClN2O4S. The number of hydrogen-bond donors (Lipinski definition) is 1. The van der Waals surface area contributed by atoms with Crippen LogP contribution < -0.4 is 10.1 Å². The van der Waals surface area contributed by atoms with Crippen LogP contribution in [0.5, 0.6) is 5.75 Å². The zero-order valence-corrected chi connectivity index (χ0v) is 19.0. The third-order valence-corrected chi connectivity index (χ3v) is 8.31. The van der Waals surface area contributed by atoms with Gasteiger partial charge in [-0.25, -0.2) is 8.42 Å². The van der Waals surface area contributed by atoms with Gasteiger partial charge in [0.2, 0.25) is 15.9 Å². The smallest absolute Gasteiger partial charge is 0.243 e. The molecule has 0 bridgehead atoms. The molecule has 1 N–H and O–H groups in total. The number of hydrogen-bond acceptors (Lipinski definition) is 4. The minimum atomic E-state index is -3.58. The zero-order valence-electron chi connectivity index (χ0n) is 17.5. The molecule has 1 saturated carbocycles. The Hall–Kier alpha value is -2.09. The van der Waals surface area contributed by atoms with E-state index >= 15 is 0 Å². The van der Waals surface area contributed by atoms with Crippen LogP contribution in [-0.2, 0) is 14.8 Å². The molecule has 2 aromatic carbocycles. The number of rotatable bonds is 7. The summed E-state index contributed by atoms with van der Waals surface area (Å²) in [7, 11) is -2.03. The lowest BCUT2D eigenvalue weighted by atomic mass is 9.95. The second-order valence-corrected chi connectivity index (χ2v) is 10.6. The molecule has 2 aliphatic rings. The number of amides is 1. The van der Waals surface area contributed by atoms with Crippen molar-refractivity contribution >= 4 is 27.5 Å². The van der Waals surface area contributed by atoms with Crippen LogP contribution >= 0.6 is 11.6 Å². The second kappa shape index (κ2) is 9.18. The Morgan fingerprint density at radius 1 is 1.03 bits per heavy atom. The summed E-state index contributed by atoms with van der Waals surface area (Å²) in [6, 6.07) is 14.0. The number of nitrogens with zero attached hydrogens (tertiary/aromatic N) is 1. The maximum atomic E-state index is 13.0. The van der Waals surface area contributed by atoms with Gasteiger partial charge in [-0.15, -0.1) is 0 Å². The van der Waals surface area contributed by atoms with Crippen molar-refractivity contribution in [1.82, 2.24) is 9.62 Å². The van der Waals surface area contributed by atoms with E-state index < -0.39 is 10.0 Å². The average Bonchev–Trinajstić information content (AvgIpc) is 3.63. The number of carbonyl (C=O) groups excluding carboxylic acids is 1. The summed E-state index contributed by atoms with van der Waals surface area (Å²) >= 11 is 6.00. The van der Waals surface area contributed by atoms with Gasteiger partial charge < -0.3 is 10.1 Å². The Labute approximate surface area is 188 Å². The SMILES string of the molecule is COc1ccc(S(=O)(=O)N2CCC(C(=O)N[C@H](c3ccc(Cl)cc3)C3CC3)CC2)cc1. The number of benzene rings is 2. The number of piperidine rings is 1. The highest BCUT2D eigenvalue weighted by atomic mass is 35.5. The maximum absolute atomic E-state index is 13.0. The number of sulfonamides is 1. The lowest BCUT2D eigenvalue weighted by Gasteiger charge is -2.31. The van der Waals surface area contributed by atoms with E-state index in [1.807, 2.05) is 24.3 Å². The van der Waals surface area contributed by atoms with Crippen molar-refractivity contribution in [1.29, 1.82) is 0 Å². The molecule has 1 aliphatic carbocycles. The minimum Gasteiger partial charge on any atom is -0.497 e. The number of nitrogens with one attached hydrogen (secondary N) is 1. The van der Waals surface area contributed by atoms with Crippen LogP contribution in [-0.4, -0.2) is 38.8 Å². The van der Waals surface area contributed by atoms with E-state index in [-0.39, 0.29) is 22.8 Å². The van der Waals surface area contributed by atoms with Gasteiger partial charge in [-0.2, -0.15) is 4.31 Å². The van der Waals surface area contributed by atoms with E-state index in [0.29, 0.717) is 42.6 Å². The fraction of sp³-hybridized carbons (Fsp3) is 0.435. The van der Waals surface area contributed by atoms with Crippen LogP contribution in [0.3, 0.4) is 0 Å². The summed E-state index contributed by atoms with van der Waals surface area (Å²) in [6.45, 7) is 0.670. The third kappa shape index (κ3) is 5.05. The van der Waals surface area contributed by atoms with E-state index in [4.69, 9.17) is 16.3 Å². The van der Waals surface area contributed by atoms with Crippen molar-refractivity contribution in [2.75, 3.05) is 20.2 Å². The number of halogens is 1. The van der Waals surface area contributed by atoms with Crippen LogP contribution in [0.15, 0.2) is 53.4 Å². The first-order chi connectivity index (χ1) is 14.9. The fourth-order valence-electron chi connectivity index (χ4n) is 4.10. The molecule has 31 heavy (non-hydrogen) atoms. The summed E-state index contributed by atoms with van der Waals surface area (Å²) < 4.78 is 32.4. The van der Waals surface area contributed by atoms with Gasteiger partial charge in [-0.1, -0.05) is 23.7 Å². The zero-order chi connectivity index (χ0) is 22.0. The Kier molecular flexibility index (Phi) is 6.55. The topological polar surface area (TPSA) is 75.7 Å². The molecule has 2 aromatic rings. The molecule has 2 fully saturated rings. The van der Waals surface area contributed by atoms with Crippen LogP contribution in [0.2, 0.25) is 5.02 Å². The van der Waals surface area contributed by atoms with Gasteiger partial charge in [0.1, 0.15) is 5.75 Å². The summed E-state index contributed by atoms with van der Waals surface area (Å²) in [5.74, 6) is 0.894. The lowest BCUT2D eigenvalue weighted by molar-refractivity contribution is -0.127. The first kappa shape index (κ1) is 22.1. The lowest BCUT2D eigenvalue weighted by Crippen LogP contribution is -2.43. The highest BCUT2D eigenvalue weighted by molar-refractivity contribution is 7.89. The Morgan fingerprint density at radius 2 is 1.65 bits per heavy atom. The standard InChI is InChI=1S/C23H27ClN2O4S/c1-30-20-8-10-21(11-9-20)31(28,29)26-14-12-18(13-15-26)23(27)25-22(16-2-3-16)17-4-6-19(24)7-5-17/h4-11,16,18,22H,2-3,12-15H2,1H3,(H,25,27)/t22-/m0/s1. The molecule has 166 valence electrons. The fourth-order valence-corrected chi connectivity index (χ4v) is 5.69. The van der Waals surface area contributed by atoms with Crippen LogP contribution in [0.25, 0.3) is 0 Å². The summed E-state index contributed by atoms with van der Waals surface area (Å²) in [4.78, 5) is 13.2. The molecule has 4 rings (SSSR count). The molecule has 1 atom stereocenters. The normalized spacial score (nSPS) is 19.0. The van der Waals surface area contributed by atoms with Crippen molar-refractivity contribution in [2.24, 2.45) is 11.8 Å². The number of carbonyl (C=O) groups is 1. The van der Waals surface area contributed by atoms with Gasteiger partial charge in [-0.3, -0.25) is 4.79 Å². The van der Waals surface area contributed by atoms with Gasteiger partial charge in [0.15, 0.2) is 0 Å². The molecule has 1 heterocycles. The quantitative estimate of drug-likeness (QED) is 0.674. The molecule has 6 nitrogen and oxygen atoms in total. The van der Waals surface area contributed by atoms with E-state index in [1.165, 1.54) is 4.31 Å². The number of ether oxygens (including phenoxy) is 1. The van der Waals surface area contributed by atoms with Crippen molar-refractivity contribution < 1.29 is 17.9 Å². The monoisotopic (exact) mass is 462 g/mol. The van der Waals surface area contributed by atoms with Gasteiger partial charge in [0.05, 0.1) is 18.0 Å². The highest BCUT2D eigenvalue weighted by Crippen LogP contribution is 2.41. The van der Waals surface area contributed by atoms with Gasteiger partial charge in [-0.05, 0) is 73.6 Å². The first-order valence-corrected chi connectivity index (χ1v) is 12.4. The third-order valence-electron chi connectivity index (χ3n) is 6.14. The van der Waals surface area contributed by atoms with Crippen LogP contribution in [0.1, 0.15) is 37.3 Å². The Morgan fingerprint density at radius 3 is 2.19 bits per heavy atom. The molecule has 1 aliphatic heterocycles. The summed E-state index contributed by atoms with van der Waals surface area (Å²) in [5, 5.41) is 3.89. The van der Waals surface area contributed by atoms with E-state index in [0.717, 1.165) is 18.4 Å². The van der Waals surface area contributed by atoms with E-state index in [2.05, 4.69) is 5.32 Å². The molecule has 1 amide bonds. The van der Waals surface area contributed by atoms with Crippen LogP contribution in [0.4, 0.5) is 0 Å². The van der Waals surface area contributed by atoms with Crippen molar-refractivity contribution in [3.8, 4) is 5.75 Å². The highest BCUT2D eigenvalue weighted by Gasteiger charge is 2.37. The molecule has 0 aromatic heterocycles. The van der Waals surface area contributed by atoms with Gasteiger partial charge in [0, 0.05) is 24.0 Å². The summed E-state index contributed by atoms with van der Waals surface area (Å²) in [6.07, 6.45) is 3.23. The van der Waals surface area contributed by atoms with Crippen molar-refractivity contribution in [2.45, 2.75) is 36.6 Å². The minimum absolute atomic E-state index is 0.00773. The second-order valence-electron chi connectivity index (χ2n) is 8.23. The summed E-state index contributed by atoms with van der Waals surface area (Å²) in [5.41, 5.74) is 1.07. The van der Waals surface area contributed by atoms with E-state index in [1.54, 1.807) is 31.4 Å². The van der Waals surface area contributed by atoms with E-state index in [9.17, 15) is 13.2 Å². The van der Waals surface area contributed by atoms with Crippen molar-refractivity contribution in [3.05, 3.63) is 59.1 Å². The molecule has 0 unspecified atom stereocenters. The van der Waals surface area contributed by atoms with Crippen LogP contribution in [0, 0.1) is 11.8 Å². The molecule has 0 radical (unpaired) electrons. The van der Waals surface area contributed by atoms with Gasteiger partial charge >= 0.3 is 0 Å². The Balaban J connectivity index is 1.37.